The van der Waals surface area contributed by atoms with Gasteiger partial charge in [-0.1, -0.05) is 35.9 Å². The van der Waals surface area contributed by atoms with Crippen LogP contribution in [-0.2, 0) is 16.1 Å². The van der Waals surface area contributed by atoms with E-state index in [-0.39, 0.29) is 5.91 Å². The van der Waals surface area contributed by atoms with Gasteiger partial charge in [0, 0.05) is 17.7 Å². The van der Waals surface area contributed by atoms with Crippen LogP contribution in [0.2, 0.25) is 5.02 Å². The molecule has 1 heterocycles. The third kappa shape index (κ3) is 6.89. The van der Waals surface area contributed by atoms with Gasteiger partial charge in [-0.05, 0) is 72.8 Å². The molecule has 1 amide bonds. The lowest BCUT2D eigenvalue weighted by molar-refractivity contribution is -0.122. The number of methoxy groups -OCH3 is 2. The molecule has 0 radical (unpaired) electrons. The third-order valence-corrected chi connectivity index (χ3v) is 6.99. The molecule has 1 saturated heterocycles. The topological polar surface area (TPSA) is 69.6 Å². The number of halogens is 1. The summed E-state index contributed by atoms with van der Waals surface area (Å²) in [6, 6.07) is 20.5. The van der Waals surface area contributed by atoms with E-state index in [0.717, 1.165) is 22.6 Å². The Balaban J connectivity index is 1.58. The lowest BCUT2D eigenvalue weighted by Gasteiger charge is -2.14. The van der Waals surface area contributed by atoms with Crippen LogP contribution in [-0.4, -0.2) is 50.0 Å². The number of ether oxygens (including phenoxy) is 4. The number of hydrogen-bond acceptors (Lipinski definition) is 7. The zero-order valence-corrected chi connectivity index (χ0v) is 23.1. The summed E-state index contributed by atoms with van der Waals surface area (Å²) in [5.41, 5.74) is 2.42. The van der Waals surface area contributed by atoms with E-state index >= 15 is 0 Å². The Morgan fingerprint density at radius 2 is 1.79 bits per heavy atom. The number of amidine groups is 1. The molecule has 0 saturated carbocycles. The molecule has 7 nitrogen and oxygen atoms in total. The molecular weight excluding hydrogens is 524 g/mol. The summed E-state index contributed by atoms with van der Waals surface area (Å²) in [4.78, 5) is 20.2. The molecule has 9 heteroatoms. The molecule has 1 aliphatic rings. The first-order chi connectivity index (χ1) is 18.5. The van der Waals surface area contributed by atoms with Crippen LogP contribution in [0.25, 0.3) is 6.08 Å². The second kappa shape index (κ2) is 13.4. The van der Waals surface area contributed by atoms with Gasteiger partial charge >= 0.3 is 0 Å². The van der Waals surface area contributed by atoms with Crippen molar-refractivity contribution in [1.29, 1.82) is 0 Å². The normalized spacial score (nSPS) is 15.4. The third-order valence-electron chi connectivity index (χ3n) is 5.61. The Labute approximate surface area is 232 Å². The highest BCUT2D eigenvalue weighted by molar-refractivity contribution is 8.18. The molecule has 1 fully saturated rings. The average Bonchev–Trinajstić information content (AvgIpc) is 3.21. The van der Waals surface area contributed by atoms with E-state index in [4.69, 9.17) is 35.5 Å². The molecule has 0 bridgehead atoms. The summed E-state index contributed by atoms with van der Waals surface area (Å²) >= 11 is 7.59. The lowest BCUT2D eigenvalue weighted by atomic mass is 10.1. The zero-order chi connectivity index (χ0) is 26.9. The second-order valence-corrected chi connectivity index (χ2v) is 9.59. The van der Waals surface area contributed by atoms with Gasteiger partial charge < -0.3 is 18.9 Å². The fourth-order valence-corrected chi connectivity index (χ4v) is 4.88. The van der Waals surface area contributed by atoms with Crippen molar-refractivity contribution < 1.29 is 23.7 Å². The van der Waals surface area contributed by atoms with Gasteiger partial charge in [-0.25, -0.2) is 4.99 Å². The lowest BCUT2D eigenvalue weighted by Crippen LogP contribution is -2.32. The van der Waals surface area contributed by atoms with Crippen molar-refractivity contribution in [2.24, 2.45) is 4.99 Å². The highest BCUT2D eigenvalue weighted by atomic mass is 35.5. The standard InChI is InChI=1S/C29H29ClN2O5S/c1-4-36-26-17-20(9-14-25(26)37-19-21-7-5-6-8-24(21)30)18-27-28(33)32(15-16-34-2)29(38-27)31-22-10-12-23(35-3)13-11-22/h5-14,17-18H,4,15-16,19H2,1-3H3/b27-18-,31-29?. The molecule has 198 valence electrons. The van der Waals surface area contributed by atoms with Gasteiger partial charge in [0.05, 0.1) is 37.5 Å². The van der Waals surface area contributed by atoms with Gasteiger partial charge in [0.2, 0.25) is 0 Å². The average molecular weight is 553 g/mol. The predicted octanol–water partition coefficient (Wildman–Crippen LogP) is 6.58. The minimum Gasteiger partial charge on any atom is -0.497 e. The molecule has 0 spiro atoms. The molecule has 0 N–H and O–H groups in total. The smallest absolute Gasteiger partial charge is 0.266 e. The number of aliphatic imine (C=N–C) groups is 1. The van der Waals surface area contributed by atoms with E-state index in [0.29, 0.717) is 53.0 Å². The quantitative estimate of drug-likeness (QED) is 0.250. The van der Waals surface area contributed by atoms with Crippen molar-refractivity contribution >= 4 is 46.2 Å². The van der Waals surface area contributed by atoms with Crippen LogP contribution >= 0.6 is 23.4 Å². The van der Waals surface area contributed by atoms with Gasteiger partial charge in [-0.15, -0.1) is 0 Å². The van der Waals surface area contributed by atoms with Crippen molar-refractivity contribution in [3.8, 4) is 17.2 Å². The largest absolute Gasteiger partial charge is 0.497 e. The highest BCUT2D eigenvalue weighted by Gasteiger charge is 2.33. The van der Waals surface area contributed by atoms with Crippen molar-refractivity contribution in [3.05, 3.63) is 87.8 Å². The first-order valence-electron chi connectivity index (χ1n) is 12.1. The Kier molecular flexibility index (Phi) is 9.70. The molecule has 4 rings (SSSR count). The van der Waals surface area contributed by atoms with Crippen LogP contribution in [0, 0.1) is 0 Å². The summed E-state index contributed by atoms with van der Waals surface area (Å²) in [7, 11) is 3.22. The van der Waals surface area contributed by atoms with E-state index < -0.39 is 0 Å². The first-order valence-corrected chi connectivity index (χ1v) is 13.3. The molecule has 0 aliphatic carbocycles. The molecule has 0 atom stereocenters. The van der Waals surface area contributed by atoms with E-state index in [1.807, 2.05) is 79.7 Å². The van der Waals surface area contributed by atoms with E-state index in [9.17, 15) is 4.79 Å². The summed E-state index contributed by atoms with van der Waals surface area (Å²) in [6.07, 6.45) is 1.84. The van der Waals surface area contributed by atoms with E-state index in [1.54, 1.807) is 19.1 Å². The molecule has 38 heavy (non-hydrogen) atoms. The molecule has 3 aromatic carbocycles. The van der Waals surface area contributed by atoms with E-state index in [1.165, 1.54) is 11.8 Å². The molecule has 0 unspecified atom stereocenters. The van der Waals surface area contributed by atoms with Gasteiger partial charge in [-0.2, -0.15) is 0 Å². The molecule has 3 aromatic rings. The molecule has 1 aliphatic heterocycles. The van der Waals surface area contributed by atoms with Crippen LogP contribution in [0.5, 0.6) is 17.2 Å². The van der Waals surface area contributed by atoms with Crippen LogP contribution < -0.4 is 14.2 Å². The zero-order valence-electron chi connectivity index (χ0n) is 21.5. The number of benzene rings is 3. The fraction of sp³-hybridized carbons (Fsp3) is 0.241. The van der Waals surface area contributed by atoms with Crippen LogP contribution in [0.15, 0.2) is 76.6 Å². The maximum absolute atomic E-state index is 13.3. The van der Waals surface area contributed by atoms with E-state index in [2.05, 4.69) is 0 Å². The number of hydrogen-bond donors (Lipinski definition) is 0. The van der Waals surface area contributed by atoms with Crippen LogP contribution in [0.4, 0.5) is 5.69 Å². The summed E-state index contributed by atoms with van der Waals surface area (Å²) in [5.74, 6) is 1.80. The summed E-state index contributed by atoms with van der Waals surface area (Å²) < 4.78 is 22.3. The number of thioether (sulfide) groups is 1. The van der Waals surface area contributed by atoms with Crippen molar-refractivity contribution in [3.63, 3.8) is 0 Å². The Bertz CT molecular complexity index is 1330. The highest BCUT2D eigenvalue weighted by Crippen LogP contribution is 2.36. The molecular formula is C29H29ClN2O5S. The SMILES string of the molecule is CCOc1cc(/C=C2\SC(=Nc3ccc(OC)cc3)N(CCOC)C2=O)ccc1OCc1ccccc1Cl. The minimum atomic E-state index is -0.128. The number of carbonyl (C=O) groups is 1. The second-order valence-electron chi connectivity index (χ2n) is 8.17. The van der Waals surface area contributed by atoms with Crippen LogP contribution in [0.3, 0.4) is 0 Å². The number of nitrogens with zero attached hydrogens (tertiary/aromatic N) is 2. The number of carbonyl (C=O) groups excluding carboxylic acids is 1. The number of amides is 1. The fourth-order valence-electron chi connectivity index (χ4n) is 3.66. The summed E-state index contributed by atoms with van der Waals surface area (Å²) in [5, 5.41) is 1.24. The minimum absolute atomic E-state index is 0.128. The maximum atomic E-state index is 13.3. The number of rotatable bonds is 11. The first kappa shape index (κ1) is 27.6. The molecule has 0 aromatic heterocycles. The van der Waals surface area contributed by atoms with Crippen molar-refractivity contribution in [2.75, 3.05) is 34.0 Å². The monoisotopic (exact) mass is 552 g/mol. The van der Waals surface area contributed by atoms with Gasteiger partial charge in [0.25, 0.3) is 5.91 Å². The maximum Gasteiger partial charge on any atom is 0.266 e. The Hall–Kier alpha value is -3.46. The van der Waals surface area contributed by atoms with Crippen LogP contribution in [0.1, 0.15) is 18.1 Å². The summed E-state index contributed by atoms with van der Waals surface area (Å²) in [6.45, 7) is 3.49. The Morgan fingerprint density at radius 1 is 1.00 bits per heavy atom. The predicted molar refractivity (Wildman–Crippen MR) is 153 cm³/mol. The van der Waals surface area contributed by atoms with Crippen molar-refractivity contribution in [2.45, 2.75) is 13.5 Å². The van der Waals surface area contributed by atoms with Crippen molar-refractivity contribution in [1.82, 2.24) is 4.90 Å². The Morgan fingerprint density at radius 3 is 2.50 bits per heavy atom. The van der Waals surface area contributed by atoms with Gasteiger partial charge in [0.15, 0.2) is 16.7 Å². The van der Waals surface area contributed by atoms with Gasteiger partial charge in [0.1, 0.15) is 12.4 Å². The van der Waals surface area contributed by atoms with Gasteiger partial charge in [-0.3, -0.25) is 9.69 Å².